The van der Waals surface area contributed by atoms with Crippen LogP contribution in [0, 0.1) is 5.92 Å². The van der Waals surface area contributed by atoms with Crippen LogP contribution in [0.3, 0.4) is 0 Å². The number of rotatable bonds is 2. The summed E-state index contributed by atoms with van der Waals surface area (Å²) in [6.07, 6.45) is 6.70. The number of hydrogen-bond acceptors (Lipinski definition) is 3. The van der Waals surface area contributed by atoms with Crippen LogP contribution in [0.25, 0.3) is 0 Å². The molecular formula is C15H27N3. The fourth-order valence-corrected chi connectivity index (χ4v) is 3.16. The Morgan fingerprint density at radius 1 is 1.17 bits per heavy atom. The summed E-state index contributed by atoms with van der Waals surface area (Å²) >= 11 is 0. The summed E-state index contributed by atoms with van der Waals surface area (Å²) in [6, 6.07) is 1.24. The van der Waals surface area contributed by atoms with E-state index in [0.29, 0.717) is 12.1 Å². The first-order valence-electron chi connectivity index (χ1n) is 7.35. The molecule has 2 aliphatic rings. The standard InChI is InChI=1S/C15H27N3/c1-5-18-13(3)10-17(11-14(18)4)15-7-6-12(2)8-9-16-15/h7,9,12-14H,5-6,8,10-11H2,1-4H3/t12?,13-,14+. The highest BCUT2D eigenvalue weighted by molar-refractivity contribution is 5.59. The van der Waals surface area contributed by atoms with Gasteiger partial charge in [0.1, 0.15) is 5.82 Å². The average Bonchev–Trinajstić information content (AvgIpc) is 2.53. The van der Waals surface area contributed by atoms with Crippen LogP contribution in [0.5, 0.6) is 0 Å². The fourth-order valence-electron chi connectivity index (χ4n) is 3.16. The molecule has 0 spiro atoms. The SMILES string of the molecule is CCN1[C@H](C)CN(C2=CCC(C)CC=N2)C[C@@H]1C. The Kier molecular flexibility index (Phi) is 4.44. The van der Waals surface area contributed by atoms with Crippen LogP contribution in [0.2, 0.25) is 0 Å². The van der Waals surface area contributed by atoms with E-state index in [-0.39, 0.29) is 0 Å². The summed E-state index contributed by atoms with van der Waals surface area (Å²) in [5, 5.41) is 0. The first kappa shape index (κ1) is 13.6. The van der Waals surface area contributed by atoms with Crippen molar-refractivity contribution in [3.8, 4) is 0 Å². The monoisotopic (exact) mass is 249 g/mol. The third-order valence-electron chi connectivity index (χ3n) is 4.22. The molecule has 0 saturated carbocycles. The molecule has 3 nitrogen and oxygen atoms in total. The zero-order chi connectivity index (χ0) is 13.1. The van der Waals surface area contributed by atoms with Crippen LogP contribution in [0.15, 0.2) is 16.9 Å². The molecule has 3 atom stereocenters. The number of aliphatic imine (C=N–C) groups is 1. The van der Waals surface area contributed by atoms with E-state index in [1.54, 1.807) is 0 Å². The Balaban J connectivity index is 2.06. The molecule has 2 heterocycles. The Morgan fingerprint density at radius 3 is 2.44 bits per heavy atom. The van der Waals surface area contributed by atoms with Crippen LogP contribution in [-0.4, -0.2) is 47.7 Å². The van der Waals surface area contributed by atoms with Gasteiger partial charge in [0.25, 0.3) is 0 Å². The molecule has 18 heavy (non-hydrogen) atoms. The van der Waals surface area contributed by atoms with Gasteiger partial charge in [0.05, 0.1) is 0 Å². The molecule has 0 aromatic rings. The first-order chi connectivity index (χ1) is 8.61. The van der Waals surface area contributed by atoms with Crippen molar-refractivity contribution in [3.05, 3.63) is 11.9 Å². The lowest BCUT2D eigenvalue weighted by Gasteiger charge is -2.44. The third kappa shape index (κ3) is 2.94. The van der Waals surface area contributed by atoms with Crippen LogP contribution in [0.1, 0.15) is 40.5 Å². The zero-order valence-corrected chi connectivity index (χ0v) is 12.3. The van der Waals surface area contributed by atoms with Gasteiger partial charge in [0.2, 0.25) is 0 Å². The van der Waals surface area contributed by atoms with Crippen molar-refractivity contribution in [1.82, 2.24) is 9.80 Å². The Morgan fingerprint density at radius 2 is 1.83 bits per heavy atom. The van der Waals surface area contributed by atoms with Gasteiger partial charge in [-0.2, -0.15) is 0 Å². The predicted molar refractivity (Wildman–Crippen MR) is 77.9 cm³/mol. The lowest BCUT2D eigenvalue weighted by molar-refractivity contribution is 0.0603. The highest BCUT2D eigenvalue weighted by Gasteiger charge is 2.29. The highest BCUT2D eigenvalue weighted by Crippen LogP contribution is 2.22. The van der Waals surface area contributed by atoms with Gasteiger partial charge >= 0.3 is 0 Å². The van der Waals surface area contributed by atoms with Crippen molar-refractivity contribution in [1.29, 1.82) is 0 Å². The van der Waals surface area contributed by atoms with E-state index >= 15 is 0 Å². The highest BCUT2D eigenvalue weighted by atomic mass is 15.3. The topological polar surface area (TPSA) is 18.8 Å². The molecule has 0 aromatic heterocycles. The smallest absolute Gasteiger partial charge is 0.124 e. The van der Waals surface area contributed by atoms with Gasteiger partial charge in [0, 0.05) is 31.4 Å². The minimum atomic E-state index is 0.621. The van der Waals surface area contributed by atoms with Crippen molar-refractivity contribution in [2.75, 3.05) is 19.6 Å². The number of nitrogens with zero attached hydrogens (tertiary/aromatic N) is 3. The molecule has 0 aromatic carbocycles. The second-order valence-corrected chi connectivity index (χ2v) is 5.88. The van der Waals surface area contributed by atoms with Crippen molar-refractivity contribution in [3.63, 3.8) is 0 Å². The molecule has 0 radical (unpaired) electrons. The predicted octanol–water partition coefficient (Wildman–Crippen LogP) is 2.74. The third-order valence-corrected chi connectivity index (χ3v) is 4.22. The van der Waals surface area contributed by atoms with Crippen LogP contribution >= 0.6 is 0 Å². The zero-order valence-electron chi connectivity index (χ0n) is 12.3. The van der Waals surface area contributed by atoms with E-state index < -0.39 is 0 Å². The first-order valence-corrected chi connectivity index (χ1v) is 7.35. The van der Waals surface area contributed by atoms with Crippen molar-refractivity contribution in [2.45, 2.75) is 52.6 Å². The lowest BCUT2D eigenvalue weighted by Crippen LogP contribution is -2.55. The van der Waals surface area contributed by atoms with E-state index in [1.165, 1.54) is 5.82 Å². The fraction of sp³-hybridized carbons (Fsp3) is 0.800. The molecule has 0 aliphatic carbocycles. The minimum Gasteiger partial charge on any atom is -0.354 e. The van der Waals surface area contributed by atoms with Crippen molar-refractivity contribution in [2.24, 2.45) is 10.9 Å². The summed E-state index contributed by atoms with van der Waals surface area (Å²) in [5.41, 5.74) is 0. The summed E-state index contributed by atoms with van der Waals surface area (Å²) in [6.45, 7) is 12.6. The number of allylic oxidation sites excluding steroid dienone is 1. The summed E-state index contributed by atoms with van der Waals surface area (Å²) in [5.74, 6) is 1.94. The van der Waals surface area contributed by atoms with E-state index in [4.69, 9.17) is 0 Å². The van der Waals surface area contributed by atoms with Gasteiger partial charge in [-0.15, -0.1) is 0 Å². The van der Waals surface area contributed by atoms with E-state index in [0.717, 1.165) is 38.4 Å². The molecule has 2 aliphatic heterocycles. The van der Waals surface area contributed by atoms with E-state index in [9.17, 15) is 0 Å². The van der Waals surface area contributed by atoms with E-state index in [1.807, 2.05) is 0 Å². The Hall–Kier alpha value is -0.830. The van der Waals surface area contributed by atoms with Crippen LogP contribution < -0.4 is 0 Å². The van der Waals surface area contributed by atoms with Crippen molar-refractivity contribution >= 4 is 6.21 Å². The number of piperazine rings is 1. The second kappa shape index (κ2) is 5.87. The normalized spacial score (nSPS) is 34.3. The second-order valence-electron chi connectivity index (χ2n) is 5.88. The molecule has 102 valence electrons. The maximum Gasteiger partial charge on any atom is 0.124 e. The maximum atomic E-state index is 4.66. The molecule has 1 unspecified atom stereocenters. The van der Waals surface area contributed by atoms with Crippen LogP contribution in [-0.2, 0) is 0 Å². The van der Waals surface area contributed by atoms with Gasteiger partial charge in [-0.05, 0) is 45.2 Å². The molecule has 2 rings (SSSR count). The molecule has 0 bridgehead atoms. The largest absolute Gasteiger partial charge is 0.354 e. The lowest BCUT2D eigenvalue weighted by atomic mass is 10.1. The average molecular weight is 249 g/mol. The Labute approximate surface area is 112 Å². The van der Waals surface area contributed by atoms with Gasteiger partial charge < -0.3 is 4.90 Å². The van der Waals surface area contributed by atoms with Gasteiger partial charge in [-0.1, -0.05) is 13.8 Å². The number of likely N-dealkylation sites (N-methyl/N-ethyl adjacent to an activating group) is 1. The molecule has 0 N–H and O–H groups in total. The molecular weight excluding hydrogens is 222 g/mol. The molecule has 0 amide bonds. The van der Waals surface area contributed by atoms with Gasteiger partial charge in [0.15, 0.2) is 0 Å². The summed E-state index contributed by atoms with van der Waals surface area (Å²) < 4.78 is 0. The molecule has 1 fully saturated rings. The summed E-state index contributed by atoms with van der Waals surface area (Å²) in [7, 11) is 0. The molecule has 1 saturated heterocycles. The summed E-state index contributed by atoms with van der Waals surface area (Å²) in [4.78, 5) is 9.71. The molecule has 3 heteroatoms. The quantitative estimate of drug-likeness (QED) is 0.749. The van der Waals surface area contributed by atoms with Crippen LogP contribution in [0.4, 0.5) is 0 Å². The maximum absolute atomic E-state index is 4.66. The van der Waals surface area contributed by atoms with E-state index in [2.05, 4.69) is 54.8 Å². The minimum absolute atomic E-state index is 0.621. The Bertz CT molecular complexity index is 323. The number of hydrogen-bond donors (Lipinski definition) is 0. The van der Waals surface area contributed by atoms with Gasteiger partial charge in [-0.3, -0.25) is 4.90 Å². The van der Waals surface area contributed by atoms with Crippen molar-refractivity contribution < 1.29 is 0 Å². The van der Waals surface area contributed by atoms with Gasteiger partial charge in [-0.25, -0.2) is 4.99 Å².